The molecule has 1 atom stereocenters. The van der Waals surface area contributed by atoms with Gasteiger partial charge in [-0.1, -0.05) is 16.5 Å². The van der Waals surface area contributed by atoms with Crippen molar-refractivity contribution in [2.45, 2.75) is 32.2 Å². The minimum Gasteiger partial charge on any atom is -0.406 e. The van der Waals surface area contributed by atoms with Crippen molar-refractivity contribution < 1.29 is 32.0 Å². The van der Waals surface area contributed by atoms with E-state index in [0.29, 0.717) is 27.7 Å². The number of ether oxygens (including phenoxy) is 2. The van der Waals surface area contributed by atoms with Crippen LogP contribution in [-0.2, 0) is 4.74 Å². The number of fused-ring (bicyclic) bond motifs is 1. The minimum atomic E-state index is -4.78. The van der Waals surface area contributed by atoms with Crippen molar-refractivity contribution >= 4 is 32.6 Å². The van der Waals surface area contributed by atoms with Crippen LogP contribution in [0.3, 0.4) is 0 Å². The average Bonchev–Trinajstić information content (AvgIpc) is 3.37. The molecular weight excluding hydrogens is 411 g/mol. The molecule has 1 fully saturated rings. The Kier molecular flexibility index (Phi) is 5.17. The molecule has 1 amide bonds. The number of rotatable bonds is 5. The molecule has 1 saturated heterocycles. The van der Waals surface area contributed by atoms with Gasteiger partial charge < -0.3 is 14.0 Å². The smallest absolute Gasteiger partial charge is 0.406 e. The van der Waals surface area contributed by atoms with Crippen LogP contribution in [0.1, 0.15) is 29.1 Å². The number of halogens is 3. The van der Waals surface area contributed by atoms with E-state index in [2.05, 4.69) is 14.9 Å². The maximum absolute atomic E-state index is 13.0. The van der Waals surface area contributed by atoms with Crippen LogP contribution in [0.4, 0.5) is 18.3 Å². The van der Waals surface area contributed by atoms with Gasteiger partial charge in [0, 0.05) is 18.7 Å². The molecule has 0 N–H and O–H groups in total. The summed E-state index contributed by atoms with van der Waals surface area (Å²) in [6, 6.07) is 5.38. The lowest BCUT2D eigenvalue weighted by Gasteiger charge is -2.21. The highest BCUT2D eigenvalue weighted by Crippen LogP contribution is 2.34. The Morgan fingerprint density at radius 3 is 2.86 bits per heavy atom. The van der Waals surface area contributed by atoms with Crippen LogP contribution in [0.25, 0.3) is 10.2 Å². The first kappa shape index (κ1) is 19.6. The standard InChI is InChI=1S/C18H16F3N3O4S/c1-10-7-14(23-28-10)16(25)24(9-12-3-2-6-26-12)17-22-13-5-4-11(8-15(13)29-17)27-18(19,20)21/h4-5,7-8,12H,2-3,6,9H2,1H3. The van der Waals surface area contributed by atoms with Crippen molar-refractivity contribution in [1.29, 1.82) is 0 Å². The average molecular weight is 427 g/mol. The zero-order valence-electron chi connectivity index (χ0n) is 15.2. The summed E-state index contributed by atoms with van der Waals surface area (Å²) in [5.41, 5.74) is 0.585. The van der Waals surface area contributed by atoms with E-state index >= 15 is 0 Å². The summed E-state index contributed by atoms with van der Waals surface area (Å²) < 4.78 is 52.5. The molecule has 7 nitrogen and oxygen atoms in total. The molecule has 0 bridgehead atoms. The molecule has 1 unspecified atom stereocenters. The van der Waals surface area contributed by atoms with Gasteiger partial charge in [0.1, 0.15) is 11.5 Å². The van der Waals surface area contributed by atoms with Crippen molar-refractivity contribution in [1.82, 2.24) is 10.1 Å². The van der Waals surface area contributed by atoms with E-state index in [4.69, 9.17) is 9.26 Å². The molecule has 1 aromatic carbocycles. The normalized spacial score (nSPS) is 17.0. The summed E-state index contributed by atoms with van der Waals surface area (Å²) in [6.45, 7) is 2.55. The predicted molar refractivity (Wildman–Crippen MR) is 98.2 cm³/mol. The van der Waals surface area contributed by atoms with Crippen molar-refractivity contribution in [2.24, 2.45) is 0 Å². The second-order valence-corrected chi connectivity index (χ2v) is 7.56. The van der Waals surface area contributed by atoms with Crippen LogP contribution in [0, 0.1) is 6.92 Å². The van der Waals surface area contributed by atoms with Crippen LogP contribution in [0.2, 0.25) is 0 Å². The van der Waals surface area contributed by atoms with E-state index in [0.717, 1.165) is 24.2 Å². The Balaban J connectivity index is 1.67. The minimum absolute atomic E-state index is 0.126. The number of hydrogen-bond acceptors (Lipinski definition) is 7. The van der Waals surface area contributed by atoms with E-state index in [9.17, 15) is 18.0 Å². The summed E-state index contributed by atoms with van der Waals surface area (Å²) >= 11 is 1.09. The van der Waals surface area contributed by atoms with Crippen LogP contribution < -0.4 is 9.64 Å². The van der Waals surface area contributed by atoms with Gasteiger partial charge in [-0.05, 0) is 31.9 Å². The first-order valence-corrected chi connectivity index (χ1v) is 9.63. The topological polar surface area (TPSA) is 77.7 Å². The molecule has 0 radical (unpaired) electrons. The van der Waals surface area contributed by atoms with Crippen molar-refractivity contribution in [3.05, 3.63) is 35.7 Å². The highest BCUT2D eigenvalue weighted by Gasteiger charge is 2.32. The number of aromatic nitrogens is 2. The first-order chi connectivity index (χ1) is 13.8. The SMILES string of the molecule is Cc1cc(C(=O)N(CC2CCCO2)c2nc3ccc(OC(F)(F)F)cc3s2)no1. The number of anilines is 1. The summed E-state index contributed by atoms with van der Waals surface area (Å²) in [5.74, 6) is -0.267. The molecule has 0 spiro atoms. The summed E-state index contributed by atoms with van der Waals surface area (Å²) in [5, 5.41) is 4.11. The Hall–Kier alpha value is -2.66. The fourth-order valence-corrected chi connectivity index (χ4v) is 4.05. The summed E-state index contributed by atoms with van der Waals surface area (Å²) in [6.07, 6.45) is -3.24. The highest BCUT2D eigenvalue weighted by atomic mass is 32.1. The van der Waals surface area contributed by atoms with E-state index in [1.54, 1.807) is 6.92 Å². The van der Waals surface area contributed by atoms with E-state index in [-0.39, 0.29) is 24.1 Å². The molecule has 154 valence electrons. The van der Waals surface area contributed by atoms with Gasteiger partial charge >= 0.3 is 6.36 Å². The zero-order chi connectivity index (χ0) is 20.6. The lowest BCUT2D eigenvalue weighted by molar-refractivity contribution is -0.274. The predicted octanol–water partition coefficient (Wildman–Crippen LogP) is 4.32. The van der Waals surface area contributed by atoms with Gasteiger partial charge in [0.05, 0.1) is 22.9 Å². The third-order valence-electron chi connectivity index (χ3n) is 4.32. The number of aryl methyl sites for hydroxylation is 1. The molecule has 3 heterocycles. The maximum Gasteiger partial charge on any atom is 0.573 e. The van der Waals surface area contributed by atoms with E-state index in [1.807, 2.05) is 0 Å². The molecule has 29 heavy (non-hydrogen) atoms. The third kappa shape index (κ3) is 4.51. The number of amides is 1. The fraction of sp³-hybridized carbons (Fsp3) is 0.389. The Morgan fingerprint density at radius 1 is 1.38 bits per heavy atom. The second kappa shape index (κ2) is 7.64. The molecule has 4 rings (SSSR count). The number of carbonyl (C=O) groups excluding carboxylic acids is 1. The maximum atomic E-state index is 13.0. The van der Waals surface area contributed by atoms with Gasteiger partial charge in [-0.25, -0.2) is 4.98 Å². The van der Waals surface area contributed by atoms with E-state index in [1.165, 1.54) is 29.2 Å². The molecule has 1 aliphatic rings. The molecular formula is C18H16F3N3O4S. The quantitative estimate of drug-likeness (QED) is 0.604. The number of thiazole rings is 1. The molecule has 2 aromatic heterocycles. The van der Waals surface area contributed by atoms with Crippen LogP contribution >= 0.6 is 11.3 Å². The second-order valence-electron chi connectivity index (χ2n) is 6.55. The highest BCUT2D eigenvalue weighted by molar-refractivity contribution is 7.22. The summed E-state index contributed by atoms with van der Waals surface area (Å²) in [4.78, 5) is 18.9. The number of hydrogen-bond donors (Lipinski definition) is 0. The largest absolute Gasteiger partial charge is 0.573 e. The van der Waals surface area contributed by atoms with Gasteiger partial charge in [0.15, 0.2) is 10.8 Å². The number of benzene rings is 1. The van der Waals surface area contributed by atoms with Crippen LogP contribution in [-0.4, -0.2) is 41.7 Å². The lowest BCUT2D eigenvalue weighted by atomic mass is 10.2. The Labute approximate surface area is 167 Å². The molecule has 3 aromatic rings. The van der Waals surface area contributed by atoms with Gasteiger partial charge in [-0.15, -0.1) is 13.2 Å². The van der Waals surface area contributed by atoms with E-state index < -0.39 is 12.3 Å². The number of carbonyl (C=O) groups is 1. The van der Waals surface area contributed by atoms with Crippen LogP contribution in [0.15, 0.2) is 28.8 Å². The molecule has 0 saturated carbocycles. The van der Waals surface area contributed by atoms with Gasteiger partial charge in [-0.2, -0.15) is 0 Å². The lowest BCUT2D eigenvalue weighted by Crippen LogP contribution is -2.37. The summed E-state index contributed by atoms with van der Waals surface area (Å²) in [7, 11) is 0. The number of alkyl halides is 3. The van der Waals surface area contributed by atoms with Crippen LogP contribution in [0.5, 0.6) is 5.75 Å². The van der Waals surface area contributed by atoms with Gasteiger partial charge in [0.2, 0.25) is 0 Å². The van der Waals surface area contributed by atoms with Crippen molar-refractivity contribution in [3.63, 3.8) is 0 Å². The molecule has 0 aliphatic carbocycles. The molecule has 11 heteroatoms. The molecule has 1 aliphatic heterocycles. The third-order valence-corrected chi connectivity index (χ3v) is 5.36. The van der Waals surface area contributed by atoms with Crippen molar-refractivity contribution in [2.75, 3.05) is 18.1 Å². The Morgan fingerprint density at radius 2 is 2.21 bits per heavy atom. The number of nitrogens with zero attached hydrogens (tertiary/aromatic N) is 3. The van der Waals surface area contributed by atoms with Gasteiger partial charge in [0.25, 0.3) is 5.91 Å². The van der Waals surface area contributed by atoms with Gasteiger partial charge in [-0.3, -0.25) is 9.69 Å². The monoisotopic (exact) mass is 427 g/mol. The first-order valence-electron chi connectivity index (χ1n) is 8.81. The zero-order valence-corrected chi connectivity index (χ0v) is 16.0. The van der Waals surface area contributed by atoms with Crippen molar-refractivity contribution in [3.8, 4) is 5.75 Å². The fourth-order valence-electron chi connectivity index (χ4n) is 3.05. The Bertz CT molecular complexity index is 1030.